The van der Waals surface area contributed by atoms with Crippen molar-refractivity contribution in [2.24, 2.45) is 5.73 Å². The minimum atomic E-state index is 0.105. The largest absolute Gasteiger partial charge is 0.375 e. The van der Waals surface area contributed by atoms with Gasteiger partial charge in [-0.1, -0.05) is 13.3 Å². The lowest BCUT2D eigenvalue weighted by molar-refractivity contribution is 0.0709. The summed E-state index contributed by atoms with van der Waals surface area (Å²) in [7, 11) is 2.09. The van der Waals surface area contributed by atoms with Crippen LogP contribution in [-0.2, 0) is 0 Å². The number of anilines is 1. The van der Waals surface area contributed by atoms with Gasteiger partial charge >= 0.3 is 0 Å². The predicted molar refractivity (Wildman–Crippen MR) is 87.7 cm³/mol. The number of nitrogens with two attached hydrogens (primary N) is 1. The standard InChI is InChI=1S/C17H27N3O/c1-3-4-11-19(2)16-9-7-14(8-10-16)17(21)20-12-5-6-15(18)13-20/h7-10,15H,3-6,11-13,18H2,1-2H3. The van der Waals surface area contributed by atoms with Gasteiger partial charge in [0.1, 0.15) is 0 Å². The number of hydrogen-bond acceptors (Lipinski definition) is 3. The van der Waals surface area contributed by atoms with E-state index < -0.39 is 0 Å². The van der Waals surface area contributed by atoms with E-state index in [4.69, 9.17) is 5.73 Å². The van der Waals surface area contributed by atoms with Gasteiger partial charge in [-0.25, -0.2) is 0 Å². The van der Waals surface area contributed by atoms with Crippen LogP contribution in [0.3, 0.4) is 0 Å². The van der Waals surface area contributed by atoms with Crippen LogP contribution >= 0.6 is 0 Å². The van der Waals surface area contributed by atoms with Crippen molar-refractivity contribution in [1.29, 1.82) is 0 Å². The second-order valence-electron chi connectivity index (χ2n) is 5.98. The van der Waals surface area contributed by atoms with Crippen LogP contribution in [0.2, 0.25) is 0 Å². The van der Waals surface area contributed by atoms with Crippen LogP contribution in [0.1, 0.15) is 43.0 Å². The third-order valence-corrected chi connectivity index (χ3v) is 4.15. The van der Waals surface area contributed by atoms with Crippen LogP contribution in [0, 0.1) is 0 Å². The molecule has 0 spiro atoms. The summed E-state index contributed by atoms with van der Waals surface area (Å²) in [6.45, 7) is 4.74. The van der Waals surface area contributed by atoms with E-state index in [0.717, 1.165) is 37.2 Å². The van der Waals surface area contributed by atoms with Gasteiger partial charge < -0.3 is 15.5 Å². The average molecular weight is 289 g/mol. The number of rotatable bonds is 5. The zero-order valence-electron chi connectivity index (χ0n) is 13.2. The minimum Gasteiger partial charge on any atom is -0.375 e. The molecule has 0 radical (unpaired) electrons. The summed E-state index contributed by atoms with van der Waals surface area (Å²) in [6.07, 6.45) is 4.40. The molecule has 1 amide bonds. The molecule has 2 N–H and O–H groups in total. The molecule has 0 aromatic heterocycles. The Morgan fingerprint density at radius 2 is 2.10 bits per heavy atom. The molecule has 1 fully saturated rings. The Morgan fingerprint density at radius 1 is 1.38 bits per heavy atom. The number of piperidine rings is 1. The van der Waals surface area contributed by atoms with E-state index in [2.05, 4.69) is 18.9 Å². The van der Waals surface area contributed by atoms with Crippen LogP contribution in [0.4, 0.5) is 5.69 Å². The third kappa shape index (κ3) is 4.21. The van der Waals surface area contributed by atoms with Gasteiger partial charge in [-0.15, -0.1) is 0 Å². The molecule has 1 aromatic rings. The van der Waals surface area contributed by atoms with Crippen molar-refractivity contribution < 1.29 is 4.79 Å². The topological polar surface area (TPSA) is 49.6 Å². The highest BCUT2D eigenvalue weighted by molar-refractivity contribution is 5.94. The number of benzene rings is 1. The highest BCUT2D eigenvalue weighted by Gasteiger charge is 2.22. The summed E-state index contributed by atoms with van der Waals surface area (Å²) in [4.78, 5) is 16.6. The number of carbonyl (C=O) groups excluding carboxylic acids is 1. The van der Waals surface area contributed by atoms with Crippen LogP contribution < -0.4 is 10.6 Å². The molecule has 1 aliphatic rings. The van der Waals surface area contributed by atoms with Crippen LogP contribution in [0.25, 0.3) is 0 Å². The fraction of sp³-hybridized carbons (Fsp3) is 0.588. The summed E-state index contributed by atoms with van der Waals surface area (Å²) in [6, 6.07) is 8.06. The Balaban J connectivity index is 1.99. The quantitative estimate of drug-likeness (QED) is 0.906. The lowest BCUT2D eigenvalue weighted by Gasteiger charge is -2.31. The Morgan fingerprint density at radius 3 is 2.71 bits per heavy atom. The molecule has 21 heavy (non-hydrogen) atoms. The number of hydrogen-bond donors (Lipinski definition) is 1. The predicted octanol–water partition coefficient (Wildman–Crippen LogP) is 2.49. The molecule has 1 atom stereocenters. The van der Waals surface area contributed by atoms with Crippen molar-refractivity contribution in [1.82, 2.24) is 4.90 Å². The Hall–Kier alpha value is -1.55. The second kappa shape index (κ2) is 7.46. The van der Waals surface area contributed by atoms with E-state index in [1.807, 2.05) is 29.2 Å². The van der Waals surface area contributed by atoms with Crippen LogP contribution in [0.5, 0.6) is 0 Å². The third-order valence-electron chi connectivity index (χ3n) is 4.15. The van der Waals surface area contributed by atoms with Gasteiger partial charge in [-0.2, -0.15) is 0 Å². The monoisotopic (exact) mass is 289 g/mol. The van der Waals surface area contributed by atoms with Gasteiger partial charge in [-0.3, -0.25) is 4.79 Å². The van der Waals surface area contributed by atoms with Crippen molar-refractivity contribution >= 4 is 11.6 Å². The zero-order valence-corrected chi connectivity index (χ0v) is 13.2. The molecule has 4 heteroatoms. The normalized spacial score (nSPS) is 18.6. The summed E-state index contributed by atoms with van der Waals surface area (Å²) < 4.78 is 0. The summed E-state index contributed by atoms with van der Waals surface area (Å²) in [5.41, 5.74) is 7.87. The molecular formula is C17H27N3O. The first-order valence-corrected chi connectivity index (χ1v) is 7.98. The number of carbonyl (C=O) groups is 1. The van der Waals surface area contributed by atoms with Crippen molar-refractivity contribution in [2.75, 3.05) is 31.6 Å². The summed E-state index contributed by atoms with van der Waals surface area (Å²) >= 11 is 0. The molecule has 1 heterocycles. The van der Waals surface area contributed by atoms with Gasteiger partial charge in [-0.05, 0) is 43.5 Å². The lowest BCUT2D eigenvalue weighted by atomic mass is 10.1. The van der Waals surface area contributed by atoms with Crippen LogP contribution in [-0.4, -0.2) is 43.5 Å². The van der Waals surface area contributed by atoms with E-state index in [0.29, 0.717) is 6.54 Å². The fourth-order valence-corrected chi connectivity index (χ4v) is 2.76. The molecule has 116 valence electrons. The van der Waals surface area contributed by atoms with E-state index >= 15 is 0 Å². The van der Waals surface area contributed by atoms with Crippen molar-refractivity contribution in [2.45, 2.75) is 38.6 Å². The molecule has 2 rings (SSSR count). The molecular weight excluding hydrogens is 262 g/mol. The van der Waals surface area contributed by atoms with E-state index in [-0.39, 0.29) is 11.9 Å². The fourth-order valence-electron chi connectivity index (χ4n) is 2.76. The zero-order chi connectivity index (χ0) is 15.2. The van der Waals surface area contributed by atoms with Crippen molar-refractivity contribution in [3.8, 4) is 0 Å². The first-order chi connectivity index (χ1) is 10.1. The average Bonchev–Trinajstić information content (AvgIpc) is 2.52. The lowest BCUT2D eigenvalue weighted by Crippen LogP contribution is -2.45. The highest BCUT2D eigenvalue weighted by atomic mass is 16.2. The smallest absolute Gasteiger partial charge is 0.253 e. The summed E-state index contributed by atoms with van der Waals surface area (Å²) in [5.74, 6) is 0.105. The Kier molecular flexibility index (Phi) is 5.62. The maximum atomic E-state index is 12.5. The van der Waals surface area contributed by atoms with Gasteiger partial charge in [0, 0.05) is 44.0 Å². The number of likely N-dealkylation sites (tertiary alicyclic amines) is 1. The number of amides is 1. The second-order valence-corrected chi connectivity index (χ2v) is 5.98. The minimum absolute atomic E-state index is 0.105. The Labute approximate surface area is 127 Å². The first kappa shape index (κ1) is 15.8. The van der Waals surface area contributed by atoms with Crippen molar-refractivity contribution in [3.63, 3.8) is 0 Å². The van der Waals surface area contributed by atoms with Crippen LogP contribution in [0.15, 0.2) is 24.3 Å². The summed E-state index contributed by atoms with van der Waals surface area (Å²) in [5, 5.41) is 0. The molecule has 0 aliphatic carbocycles. The van der Waals surface area contributed by atoms with Gasteiger partial charge in [0.15, 0.2) is 0 Å². The van der Waals surface area contributed by atoms with Gasteiger partial charge in [0.2, 0.25) is 0 Å². The highest BCUT2D eigenvalue weighted by Crippen LogP contribution is 2.17. The molecule has 0 saturated carbocycles. The first-order valence-electron chi connectivity index (χ1n) is 7.98. The van der Waals surface area contributed by atoms with Crippen molar-refractivity contribution in [3.05, 3.63) is 29.8 Å². The van der Waals surface area contributed by atoms with Gasteiger partial charge in [0.25, 0.3) is 5.91 Å². The van der Waals surface area contributed by atoms with E-state index in [9.17, 15) is 4.79 Å². The molecule has 1 aromatic carbocycles. The Bertz CT molecular complexity index is 458. The van der Waals surface area contributed by atoms with Gasteiger partial charge in [0.05, 0.1) is 0 Å². The van der Waals surface area contributed by atoms with E-state index in [1.165, 1.54) is 12.8 Å². The molecule has 1 saturated heterocycles. The SMILES string of the molecule is CCCCN(C)c1ccc(C(=O)N2CCCC(N)C2)cc1. The van der Waals surface area contributed by atoms with E-state index in [1.54, 1.807) is 0 Å². The molecule has 0 bridgehead atoms. The molecule has 4 nitrogen and oxygen atoms in total. The molecule has 1 unspecified atom stereocenters. The molecule has 1 aliphatic heterocycles. The maximum absolute atomic E-state index is 12.5. The number of unbranched alkanes of at least 4 members (excludes halogenated alkanes) is 1. The maximum Gasteiger partial charge on any atom is 0.253 e. The number of nitrogens with zero attached hydrogens (tertiary/aromatic N) is 2.